The molecule has 1 aliphatic carbocycles. The summed E-state index contributed by atoms with van der Waals surface area (Å²) in [4.78, 5) is 2.70. The second kappa shape index (κ2) is 2.22. The van der Waals surface area contributed by atoms with E-state index < -0.39 is 0 Å². The molecule has 1 aliphatic heterocycles. The molecule has 64 valence electrons. The van der Waals surface area contributed by atoms with Gasteiger partial charge < -0.3 is 0 Å². The maximum absolute atomic E-state index is 2.70. The van der Waals surface area contributed by atoms with Gasteiger partial charge in [-0.05, 0) is 52.5 Å². The van der Waals surface area contributed by atoms with Crippen molar-refractivity contribution in [2.24, 2.45) is 5.92 Å². The number of rotatable bonds is 0. The fourth-order valence-corrected chi connectivity index (χ4v) is 2.60. The highest BCUT2D eigenvalue weighted by molar-refractivity contribution is 4.99. The molecule has 11 heavy (non-hydrogen) atoms. The molecule has 2 unspecified atom stereocenters. The van der Waals surface area contributed by atoms with Crippen LogP contribution in [0.15, 0.2) is 0 Å². The average Bonchev–Trinajstić information content (AvgIpc) is 2.05. The second-order valence-electron chi connectivity index (χ2n) is 5.06. The van der Waals surface area contributed by atoms with Crippen molar-refractivity contribution in [1.29, 1.82) is 0 Å². The van der Waals surface area contributed by atoms with Gasteiger partial charge in [-0.3, -0.25) is 4.90 Å². The third-order valence-corrected chi connectivity index (χ3v) is 3.38. The normalized spacial score (nSPS) is 38.5. The van der Waals surface area contributed by atoms with E-state index in [1.165, 1.54) is 25.8 Å². The van der Waals surface area contributed by atoms with Crippen LogP contribution in [-0.2, 0) is 0 Å². The minimum atomic E-state index is 0.417. The number of hydrogen-bond acceptors (Lipinski definition) is 1. The Morgan fingerprint density at radius 1 is 1.09 bits per heavy atom. The second-order valence-corrected chi connectivity index (χ2v) is 5.06. The molecule has 1 saturated carbocycles. The zero-order chi connectivity index (χ0) is 8.06. The lowest BCUT2D eigenvalue weighted by Gasteiger charge is -2.43. The molecule has 1 nitrogen and oxygen atoms in total. The topological polar surface area (TPSA) is 3.24 Å². The fraction of sp³-hybridized carbons (Fsp3) is 1.00. The van der Waals surface area contributed by atoms with E-state index in [1.807, 2.05) is 0 Å². The van der Waals surface area contributed by atoms with Gasteiger partial charge in [0.2, 0.25) is 0 Å². The summed E-state index contributed by atoms with van der Waals surface area (Å²) in [5, 5.41) is 0. The molecule has 0 aromatic heterocycles. The quantitative estimate of drug-likeness (QED) is 0.516. The molecule has 0 aromatic rings. The van der Waals surface area contributed by atoms with E-state index in [4.69, 9.17) is 0 Å². The van der Waals surface area contributed by atoms with Crippen LogP contribution in [0.5, 0.6) is 0 Å². The van der Waals surface area contributed by atoms with Crippen LogP contribution in [0, 0.1) is 5.92 Å². The first-order valence-electron chi connectivity index (χ1n) is 4.86. The van der Waals surface area contributed by atoms with Gasteiger partial charge in [-0.1, -0.05) is 0 Å². The van der Waals surface area contributed by atoms with Gasteiger partial charge in [-0.25, -0.2) is 0 Å². The van der Waals surface area contributed by atoms with Crippen LogP contribution < -0.4 is 0 Å². The Morgan fingerprint density at radius 3 is 2.09 bits per heavy atom. The van der Waals surface area contributed by atoms with Crippen molar-refractivity contribution >= 4 is 0 Å². The minimum absolute atomic E-state index is 0.417. The van der Waals surface area contributed by atoms with Gasteiger partial charge >= 0.3 is 0 Å². The van der Waals surface area contributed by atoms with E-state index in [-0.39, 0.29) is 0 Å². The van der Waals surface area contributed by atoms with Crippen LogP contribution in [0.1, 0.15) is 40.0 Å². The first-order chi connectivity index (χ1) is 5.09. The third-order valence-electron chi connectivity index (χ3n) is 3.38. The molecule has 0 N–H and O–H groups in total. The van der Waals surface area contributed by atoms with E-state index in [2.05, 4.69) is 25.7 Å². The number of fused-ring (bicyclic) bond motifs is 1. The molecular weight excluding hydrogens is 134 g/mol. The Labute approximate surface area is 69.8 Å². The average molecular weight is 153 g/mol. The Kier molecular flexibility index (Phi) is 1.54. The molecule has 1 heterocycles. The van der Waals surface area contributed by atoms with E-state index in [9.17, 15) is 0 Å². The SMILES string of the molecule is CC(C)(C)N1CCC2CCC21. The molecule has 2 aliphatic rings. The highest BCUT2D eigenvalue weighted by atomic mass is 15.2. The molecule has 2 atom stereocenters. The van der Waals surface area contributed by atoms with Crippen molar-refractivity contribution in [2.45, 2.75) is 51.6 Å². The third kappa shape index (κ3) is 1.10. The van der Waals surface area contributed by atoms with Crippen LogP contribution >= 0.6 is 0 Å². The van der Waals surface area contributed by atoms with Crippen molar-refractivity contribution in [3.63, 3.8) is 0 Å². The number of likely N-dealkylation sites (tertiary alicyclic amines) is 1. The summed E-state index contributed by atoms with van der Waals surface area (Å²) in [5.74, 6) is 1.06. The largest absolute Gasteiger partial charge is 0.295 e. The van der Waals surface area contributed by atoms with Crippen molar-refractivity contribution in [1.82, 2.24) is 4.90 Å². The van der Waals surface area contributed by atoms with Gasteiger partial charge in [0.25, 0.3) is 0 Å². The molecule has 1 heteroatoms. The molecule has 2 rings (SSSR count). The Hall–Kier alpha value is -0.0400. The van der Waals surface area contributed by atoms with Crippen LogP contribution in [0.2, 0.25) is 0 Å². The maximum Gasteiger partial charge on any atom is 0.0129 e. The summed E-state index contributed by atoms with van der Waals surface area (Å²) in [7, 11) is 0. The van der Waals surface area contributed by atoms with E-state index >= 15 is 0 Å². The molecule has 0 amide bonds. The molecular formula is C10H19N. The predicted octanol–water partition coefficient (Wildman–Crippen LogP) is 2.27. The highest BCUT2D eigenvalue weighted by Crippen LogP contribution is 2.43. The lowest BCUT2D eigenvalue weighted by atomic mass is 9.79. The Morgan fingerprint density at radius 2 is 1.82 bits per heavy atom. The van der Waals surface area contributed by atoms with Crippen LogP contribution in [0.3, 0.4) is 0 Å². The van der Waals surface area contributed by atoms with E-state index in [1.54, 1.807) is 0 Å². The van der Waals surface area contributed by atoms with Gasteiger partial charge in [0.15, 0.2) is 0 Å². The Balaban J connectivity index is 2.05. The highest BCUT2D eigenvalue weighted by Gasteiger charge is 2.44. The molecule has 1 saturated heterocycles. The summed E-state index contributed by atoms with van der Waals surface area (Å²) in [6.07, 6.45) is 4.42. The molecule has 2 fully saturated rings. The Bertz CT molecular complexity index is 157. The number of hydrogen-bond donors (Lipinski definition) is 0. The van der Waals surface area contributed by atoms with Crippen molar-refractivity contribution in [3.05, 3.63) is 0 Å². The standard InChI is InChI=1S/C10H19N/c1-10(2,3)11-7-6-8-4-5-9(8)11/h8-9H,4-7H2,1-3H3. The first-order valence-corrected chi connectivity index (χ1v) is 4.86. The van der Waals surface area contributed by atoms with Gasteiger partial charge in [-0.15, -0.1) is 0 Å². The van der Waals surface area contributed by atoms with E-state index in [0.717, 1.165) is 12.0 Å². The zero-order valence-corrected chi connectivity index (χ0v) is 7.93. The molecule has 0 bridgehead atoms. The van der Waals surface area contributed by atoms with Gasteiger partial charge in [0, 0.05) is 11.6 Å². The zero-order valence-electron chi connectivity index (χ0n) is 7.93. The number of nitrogens with zero attached hydrogens (tertiary/aromatic N) is 1. The van der Waals surface area contributed by atoms with E-state index in [0.29, 0.717) is 5.54 Å². The smallest absolute Gasteiger partial charge is 0.0129 e. The summed E-state index contributed by atoms with van der Waals surface area (Å²) >= 11 is 0. The van der Waals surface area contributed by atoms with Crippen molar-refractivity contribution < 1.29 is 0 Å². The lowest BCUT2D eigenvalue weighted by Crippen LogP contribution is -2.49. The summed E-state index contributed by atoms with van der Waals surface area (Å²) < 4.78 is 0. The van der Waals surface area contributed by atoms with Gasteiger partial charge in [0.05, 0.1) is 0 Å². The summed E-state index contributed by atoms with van der Waals surface area (Å²) in [5.41, 5.74) is 0.417. The summed E-state index contributed by atoms with van der Waals surface area (Å²) in [6.45, 7) is 8.37. The van der Waals surface area contributed by atoms with Crippen LogP contribution in [0.25, 0.3) is 0 Å². The molecule has 0 spiro atoms. The van der Waals surface area contributed by atoms with Crippen molar-refractivity contribution in [2.75, 3.05) is 6.54 Å². The monoisotopic (exact) mass is 153 g/mol. The lowest BCUT2D eigenvalue weighted by molar-refractivity contribution is 0.0619. The first kappa shape index (κ1) is 7.60. The van der Waals surface area contributed by atoms with Crippen LogP contribution in [0.4, 0.5) is 0 Å². The molecule has 0 aromatic carbocycles. The van der Waals surface area contributed by atoms with Crippen LogP contribution in [-0.4, -0.2) is 23.0 Å². The fourth-order valence-electron chi connectivity index (χ4n) is 2.60. The minimum Gasteiger partial charge on any atom is -0.295 e. The van der Waals surface area contributed by atoms with Gasteiger partial charge in [-0.2, -0.15) is 0 Å². The maximum atomic E-state index is 2.70. The summed E-state index contributed by atoms with van der Waals surface area (Å²) in [6, 6.07) is 0.954. The van der Waals surface area contributed by atoms with Gasteiger partial charge in [0.1, 0.15) is 0 Å². The van der Waals surface area contributed by atoms with Crippen molar-refractivity contribution in [3.8, 4) is 0 Å². The molecule has 0 radical (unpaired) electrons. The predicted molar refractivity (Wildman–Crippen MR) is 47.6 cm³/mol.